The Morgan fingerprint density at radius 3 is 2.58 bits per heavy atom. The molecule has 0 heterocycles. The number of carboxylic acids is 1. The maximum absolute atomic E-state index is 10.9. The van der Waals surface area contributed by atoms with Gasteiger partial charge in [0.2, 0.25) is 0 Å². The van der Waals surface area contributed by atoms with E-state index in [0.717, 1.165) is 18.5 Å². The van der Waals surface area contributed by atoms with Crippen LogP contribution >= 0.6 is 0 Å². The quantitative estimate of drug-likeness (QED) is 0.705. The minimum atomic E-state index is -0.979. The van der Waals surface area contributed by atoms with Crippen molar-refractivity contribution in [3.8, 4) is 0 Å². The summed E-state index contributed by atoms with van der Waals surface area (Å²) in [5.41, 5.74) is 7.45. The second kappa shape index (κ2) is 5.93. The van der Waals surface area contributed by atoms with Gasteiger partial charge in [-0.25, -0.2) is 4.79 Å². The standard InChI is InChI=1S/C14H20N2O3/c15-12-9-10(14(18)19)5-6-13(12)16(7-8-17)11-3-1-2-4-11/h5-6,9,11,17H,1-4,7-8,15H2,(H,18,19). The topological polar surface area (TPSA) is 86.8 Å². The number of aliphatic hydroxyl groups is 1. The number of carboxylic acid groups (broad SMARTS) is 1. The molecule has 0 saturated heterocycles. The Bertz CT molecular complexity index is 456. The van der Waals surface area contributed by atoms with Crippen LogP contribution in [0.2, 0.25) is 0 Å². The van der Waals surface area contributed by atoms with Crippen molar-refractivity contribution in [2.75, 3.05) is 23.8 Å². The Kier molecular flexibility index (Phi) is 4.27. The Morgan fingerprint density at radius 1 is 1.37 bits per heavy atom. The summed E-state index contributed by atoms with van der Waals surface area (Å²) in [7, 11) is 0. The third-order valence-electron chi connectivity index (χ3n) is 3.69. The number of benzene rings is 1. The SMILES string of the molecule is Nc1cc(C(=O)O)ccc1N(CCO)C1CCCC1. The highest BCUT2D eigenvalue weighted by atomic mass is 16.4. The van der Waals surface area contributed by atoms with Crippen molar-refractivity contribution in [1.29, 1.82) is 0 Å². The van der Waals surface area contributed by atoms with E-state index in [-0.39, 0.29) is 12.2 Å². The molecule has 1 aromatic carbocycles. The summed E-state index contributed by atoms with van der Waals surface area (Å²) in [6.07, 6.45) is 4.58. The fraction of sp³-hybridized carbons (Fsp3) is 0.500. The molecule has 1 fully saturated rings. The second-order valence-electron chi connectivity index (χ2n) is 4.93. The van der Waals surface area contributed by atoms with Gasteiger partial charge in [-0.05, 0) is 31.0 Å². The van der Waals surface area contributed by atoms with Gasteiger partial charge in [-0.2, -0.15) is 0 Å². The molecule has 4 N–H and O–H groups in total. The predicted octanol–water partition coefficient (Wildman–Crippen LogP) is 1.71. The van der Waals surface area contributed by atoms with E-state index < -0.39 is 5.97 Å². The third kappa shape index (κ3) is 2.98. The first-order chi connectivity index (χ1) is 9.13. The number of carbonyl (C=O) groups is 1. The van der Waals surface area contributed by atoms with E-state index in [0.29, 0.717) is 18.3 Å². The maximum atomic E-state index is 10.9. The van der Waals surface area contributed by atoms with Crippen LogP contribution in [0.4, 0.5) is 11.4 Å². The number of nitrogen functional groups attached to an aromatic ring is 1. The molecule has 104 valence electrons. The van der Waals surface area contributed by atoms with Gasteiger partial charge in [0.05, 0.1) is 23.5 Å². The molecule has 0 bridgehead atoms. The Morgan fingerprint density at radius 2 is 2.05 bits per heavy atom. The highest BCUT2D eigenvalue weighted by Gasteiger charge is 2.24. The van der Waals surface area contributed by atoms with Gasteiger partial charge in [-0.1, -0.05) is 12.8 Å². The molecule has 5 heteroatoms. The maximum Gasteiger partial charge on any atom is 0.335 e. The van der Waals surface area contributed by atoms with Crippen molar-refractivity contribution in [2.45, 2.75) is 31.7 Å². The molecule has 1 aromatic rings. The molecule has 1 saturated carbocycles. The van der Waals surface area contributed by atoms with Crippen LogP contribution in [0.25, 0.3) is 0 Å². The molecule has 19 heavy (non-hydrogen) atoms. The van der Waals surface area contributed by atoms with Gasteiger partial charge < -0.3 is 20.8 Å². The summed E-state index contributed by atoms with van der Waals surface area (Å²) >= 11 is 0. The molecule has 2 rings (SSSR count). The Labute approximate surface area is 112 Å². The van der Waals surface area contributed by atoms with Crippen molar-refractivity contribution in [3.05, 3.63) is 23.8 Å². The van der Waals surface area contributed by atoms with Crippen molar-refractivity contribution < 1.29 is 15.0 Å². The van der Waals surface area contributed by atoms with Crippen molar-refractivity contribution in [3.63, 3.8) is 0 Å². The first-order valence-electron chi connectivity index (χ1n) is 6.64. The summed E-state index contributed by atoms with van der Waals surface area (Å²) in [6.45, 7) is 0.595. The van der Waals surface area contributed by atoms with Gasteiger partial charge >= 0.3 is 5.97 Å². The Balaban J connectivity index is 2.28. The largest absolute Gasteiger partial charge is 0.478 e. The van der Waals surface area contributed by atoms with Crippen LogP contribution in [-0.4, -0.2) is 35.4 Å². The van der Waals surface area contributed by atoms with Gasteiger partial charge in [0.1, 0.15) is 0 Å². The van der Waals surface area contributed by atoms with Gasteiger partial charge in [-0.15, -0.1) is 0 Å². The molecular weight excluding hydrogens is 244 g/mol. The average molecular weight is 264 g/mol. The van der Waals surface area contributed by atoms with Crippen LogP contribution in [0.5, 0.6) is 0 Å². The molecule has 5 nitrogen and oxygen atoms in total. The van der Waals surface area contributed by atoms with Crippen molar-refractivity contribution >= 4 is 17.3 Å². The van der Waals surface area contributed by atoms with Crippen molar-refractivity contribution in [1.82, 2.24) is 0 Å². The summed E-state index contributed by atoms with van der Waals surface area (Å²) < 4.78 is 0. The van der Waals surface area contributed by atoms with E-state index in [1.54, 1.807) is 12.1 Å². The number of nitrogens with zero attached hydrogens (tertiary/aromatic N) is 1. The van der Waals surface area contributed by atoms with Gasteiger partial charge in [0, 0.05) is 12.6 Å². The van der Waals surface area contributed by atoms with Gasteiger partial charge in [0.25, 0.3) is 0 Å². The molecule has 1 aliphatic rings. The zero-order valence-corrected chi connectivity index (χ0v) is 10.9. The molecular formula is C14H20N2O3. The zero-order chi connectivity index (χ0) is 13.8. The molecule has 1 aliphatic carbocycles. The lowest BCUT2D eigenvalue weighted by atomic mass is 10.1. The summed E-state index contributed by atoms with van der Waals surface area (Å²) in [5.74, 6) is -0.979. The lowest BCUT2D eigenvalue weighted by molar-refractivity contribution is 0.0697. The molecule has 0 aliphatic heterocycles. The number of anilines is 2. The fourth-order valence-corrected chi connectivity index (χ4v) is 2.77. The fourth-order valence-electron chi connectivity index (χ4n) is 2.77. The van der Waals surface area contributed by atoms with Gasteiger partial charge in [-0.3, -0.25) is 0 Å². The van der Waals surface area contributed by atoms with E-state index >= 15 is 0 Å². The third-order valence-corrected chi connectivity index (χ3v) is 3.69. The number of aliphatic hydroxyl groups excluding tert-OH is 1. The van der Waals surface area contributed by atoms with E-state index in [2.05, 4.69) is 4.90 Å². The van der Waals surface area contributed by atoms with E-state index in [1.807, 2.05) is 0 Å². The average Bonchev–Trinajstić information content (AvgIpc) is 2.90. The van der Waals surface area contributed by atoms with Gasteiger partial charge in [0.15, 0.2) is 0 Å². The normalized spacial score (nSPS) is 15.6. The van der Waals surface area contributed by atoms with E-state index in [4.69, 9.17) is 10.8 Å². The second-order valence-corrected chi connectivity index (χ2v) is 4.93. The number of hydrogen-bond donors (Lipinski definition) is 3. The molecule has 0 spiro atoms. The molecule has 0 unspecified atom stereocenters. The summed E-state index contributed by atoms with van der Waals surface area (Å²) in [5, 5.41) is 18.2. The minimum Gasteiger partial charge on any atom is -0.478 e. The first-order valence-corrected chi connectivity index (χ1v) is 6.64. The lowest BCUT2D eigenvalue weighted by Gasteiger charge is -2.31. The smallest absolute Gasteiger partial charge is 0.335 e. The highest BCUT2D eigenvalue weighted by molar-refractivity contribution is 5.90. The van der Waals surface area contributed by atoms with E-state index in [9.17, 15) is 9.90 Å². The van der Waals surface area contributed by atoms with Crippen LogP contribution in [0, 0.1) is 0 Å². The molecule has 0 amide bonds. The summed E-state index contributed by atoms with van der Waals surface area (Å²) in [4.78, 5) is 13.0. The highest BCUT2D eigenvalue weighted by Crippen LogP contribution is 2.32. The summed E-state index contributed by atoms with van der Waals surface area (Å²) in [6, 6.07) is 5.18. The number of rotatable bonds is 5. The number of hydrogen-bond acceptors (Lipinski definition) is 4. The Hall–Kier alpha value is -1.75. The van der Waals surface area contributed by atoms with Crippen molar-refractivity contribution in [2.24, 2.45) is 0 Å². The minimum absolute atomic E-state index is 0.0661. The van der Waals surface area contributed by atoms with Crippen LogP contribution in [0.1, 0.15) is 36.0 Å². The van der Waals surface area contributed by atoms with E-state index in [1.165, 1.54) is 18.9 Å². The van der Waals surface area contributed by atoms with Crippen LogP contribution in [-0.2, 0) is 0 Å². The number of nitrogens with two attached hydrogens (primary N) is 1. The van der Waals surface area contributed by atoms with Crippen LogP contribution in [0.3, 0.4) is 0 Å². The number of aromatic carboxylic acids is 1. The predicted molar refractivity (Wildman–Crippen MR) is 74.5 cm³/mol. The molecule has 0 radical (unpaired) electrons. The first kappa shape index (κ1) is 13.7. The lowest BCUT2D eigenvalue weighted by Crippen LogP contribution is -2.36. The monoisotopic (exact) mass is 264 g/mol. The molecule has 0 atom stereocenters. The van der Waals surface area contributed by atoms with Crippen LogP contribution < -0.4 is 10.6 Å². The molecule has 0 aromatic heterocycles. The van der Waals surface area contributed by atoms with Crippen LogP contribution in [0.15, 0.2) is 18.2 Å². The zero-order valence-electron chi connectivity index (χ0n) is 10.9.